The van der Waals surface area contributed by atoms with Gasteiger partial charge in [-0.05, 0) is 24.6 Å². The molecule has 0 radical (unpaired) electrons. The topological polar surface area (TPSA) is 44.8 Å². The molecule has 1 aromatic carbocycles. The van der Waals surface area contributed by atoms with Gasteiger partial charge in [0.2, 0.25) is 5.78 Å². The summed E-state index contributed by atoms with van der Waals surface area (Å²) in [5, 5.41) is 0. The van der Waals surface area contributed by atoms with E-state index in [9.17, 15) is 4.79 Å². The van der Waals surface area contributed by atoms with Gasteiger partial charge in [-0.2, -0.15) is 0 Å². The largest absolute Gasteiger partial charge is 0.496 e. The molecule has 2 aromatic rings. The first-order chi connectivity index (χ1) is 10.0. The van der Waals surface area contributed by atoms with Crippen molar-refractivity contribution in [3.63, 3.8) is 0 Å². The number of hydrogen-bond donors (Lipinski definition) is 0. The van der Waals surface area contributed by atoms with Crippen molar-refractivity contribution in [1.82, 2.24) is 0 Å². The molecule has 0 unspecified atom stereocenters. The molecule has 0 aliphatic heterocycles. The predicted octanol–water partition coefficient (Wildman–Crippen LogP) is 3.97. The van der Waals surface area contributed by atoms with Crippen LogP contribution in [0.2, 0.25) is 4.34 Å². The van der Waals surface area contributed by atoms with Gasteiger partial charge in [0.15, 0.2) is 11.5 Å². The molecule has 1 aromatic heterocycles. The first kappa shape index (κ1) is 15.7. The van der Waals surface area contributed by atoms with E-state index in [0.29, 0.717) is 32.0 Å². The summed E-state index contributed by atoms with van der Waals surface area (Å²) in [6, 6.07) is 5.02. The fourth-order valence-electron chi connectivity index (χ4n) is 1.91. The van der Waals surface area contributed by atoms with Crippen LogP contribution in [-0.4, -0.2) is 27.1 Å². The van der Waals surface area contributed by atoms with Crippen molar-refractivity contribution >= 4 is 28.7 Å². The number of ketones is 1. The summed E-state index contributed by atoms with van der Waals surface area (Å²) in [6.07, 6.45) is 0. The lowest BCUT2D eigenvalue weighted by Gasteiger charge is -2.12. The Kier molecular flexibility index (Phi) is 4.75. The van der Waals surface area contributed by atoms with Crippen LogP contribution in [0.15, 0.2) is 18.2 Å². The Hall–Kier alpha value is -1.72. The zero-order chi connectivity index (χ0) is 15.6. The van der Waals surface area contributed by atoms with E-state index in [1.807, 2.05) is 6.92 Å². The van der Waals surface area contributed by atoms with Crippen LogP contribution in [0.4, 0.5) is 0 Å². The first-order valence-electron chi connectivity index (χ1n) is 6.12. The van der Waals surface area contributed by atoms with Crippen LogP contribution in [-0.2, 0) is 0 Å². The number of rotatable bonds is 5. The van der Waals surface area contributed by atoms with Crippen molar-refractivity contribution in [3.05, 3.63) is 38.5 Å². The molecule has 112 valence electrons. The maximum atomic E-state index is 12.6. The average Bonchev–Trinajstić information content (AvgIpc) is 2.84. The molecule has 0 aliphatic rings. The van der Waals surface area contributed by atoms with Gasteiger partial charge in [0, 0.05) is 6.07 Å². The standard InChI is InChI=1S/C15H15ClO4S/c1-8-5-13(21-15(8)16)14(17)9-6-11(19-3)12(20-4)7-10(9)18-2/h5-7H,1-4H3. The second kappa shape index (κ2) is 6.37. The molecule has 0 spiro atoms. The number of ether oxygens (including phenoxy) is 3. The quantitative estimate of drug-likeness (QED) is 0.780. The third-order valence-corrected chi connectivity index (χ3v) is 4.59. The summed E-state index contributed by atoms with van der Waals surface area (Å²) in [6.45, 7) is 1.86. The van der Waals surface area contributed by atoms with Gasteiger partial charge in [-0.15, -0.1) is 11.3 Å². The Balaban J connectivity index is 2.53. The normalized spacial score (nSPS) is 10.3. The third kappa shape index (κ3) is 2.99. The van der Waals surface area contributed by atoms with Crippen molar-refractivity contribution < 1.29 is 19.0 Å². The Morgan fingerprint density at radius 3 is 2.05 bits per heavy atom. The predicted molar refractivity (Wildman–Crippen MR) is 83.6 cm³/mol. The van der Waals surface area contributed by atoms with Crippen LogP contribution in [0.25, 0.3) is 0 Å². The molecule has 1 heterocycles. The van der Waals surface area contributed by atoms with Crippen LogP contribution in [0, 0.1) is 6.92 Å². The summed E-state index contributed by atoms with van der Waals surface area (Å²) in [7, 11) is 4.55. The minimum absolute atomic E-state index is 0.159. The van der Waals surface area contributed by atoms with Gasteiger partial charge < -0.3 is 14.2 Å². The molecule has 0 bridgehead atoms. The van der Waals surface area contributed by atoms with Crippen LogP contribution < -0.4 is 14.2 Å². The molecule has 0 aliphatic carbocycles. The Morgan fingerprint density at radius 2 is 1.57 bits per heavy atom. The van der Waals surface area contributed by atoms with Crippen molar-refractivity contribution in [2.75, 3.05) is 21.3 Å². The number of thiophene rings is 1. The van der Waals surface area contributed by atoms with Gasteiger partial charge in [-0.1, -0.05) is 11.6 Å². The third-order valence-electron chi connectivity index (χ3n) is 3.03. The van der Waals surface area contributed by atoms with E-state index in [1.165, 1.54) is 32.7 Å². The van der Waals surface area contributed by atoms with Crippen molar-refractivity contribution in [2.24, 2.45) is 0 Å². The summed E-state index contributed by atoms with van der Waals surface area (Å²) in [5.41, 5.74) is 1.29. The second-order valence-corrected chi connectivity index (χ2v) is 5.96. The van der Waals surface area contributed by atoms with Crippen molar-refractivity contribution in [2.45, 2.75) is 6.92 Å². The lowest BCUT2D eigenvalue weighted by atomic mass is 10.1. The van der Waals surface area contributed by atoms with Crippen LogP contribution in [0.1, 0.15) is 20.8 Å². The fraction of sp³-hybridized carbons (Fsp3) is 0.267. The average molecular weight is 327 g/mol. The highest BCUT2D eigenvalue weighted by atomic mass is 35.5. The highest BCUT2D eigenvalue weighted by Crippen LogP contribution is 2.37. The van der Waals surface area contributed by atoms with E-state index >= 15 is 0 Å². The van der Waals surface area contributed by atoms with Gasteiger partial charge in [0.05, 0.1) is 36.1 Å². The SMILES string of the molecule is COc1cc(OC)c(C(=O)c2cc(C)c(Cl)s2)cc1OC. The van der Waals surface area contributed by atoms with Gasteiger partial charge >= 0.3 is 0 Å². The van der Waals surface area contributed by atoms with E-state index in [0.717, 1.165) is 5.56 Å². The van der Waals surface area contributed by atoms with Gasteiger partial charge in [0.1, 0.15) is 5.75 Å². The number of methoxy groups -OCH3 is 3. The number of aryl methyl sites for hydroxylation is 1. The van der Waals surface area contributed by atoms with Crippen molar-refractivity contribution in [1.29, 1.82) is 0 Å². The minimum Gasteiger partial charge on any atom is -0.496 e. The first-order valence-corrected chi connectivity index (χ1v) is 7.31. The lowest BCUT2D eigenvalue weighted by molar-refractivity contribution is 0.103. The van der Waals surface area contributed by atoms with Crippen LogP contribution >= 0.6 is 22.9 Å². The fourth-order valence-corrected chi connectivity index (χ4v) is 3.07. The number of hydrogen-bond acceptors (Lipinski definition) is 5. The number of halogens is 1. The zero-order valence-corrected chi connectivity index (χ0v) is 13.7. The summed E-state index contributed by atoms with van der Waals surface area (Å²) < 4.78 is 16.3. The molecule has 0 fully saturated rings. The molecule has 4 nitrogen and oxygen atoms in total. The number of carbonyl (C=O) groups is 1. The van der Waals surface area contributed by atoms with Gasteiger partial charge in [0.25, 0.3) is 0 Å². The number of benzene rings is 1. The molecule has 0 saturated carbocycles. The van der Waals surface area contributed by atoms with Gasteiger partial charge in [-0.25, -0.2) is 0 Å². The maximum absolute atomic E-state index is 12.6. The summed E-state index contributed by atoms with van der Waals surface area (Å²) >= 11 is 7.28. The highest BCUT2D eigenvalue weighted by molar-refractivity contribution is 7.18. The summed E-state index contributed by atoms with van der Waals surface area (Å²) in [5.74, 6) is 1.25. The molecule has 2 rings (SSSR count). The van der Waals surface area contributed by atoms with E-state index in [1.54, 1.807) is 18.2 Å². The molecule has 0 saturated heterocycles. The monoisotopic (exact) mass is 326 g/mol. The van der Waals surface area contributed by atoms with E-state index < -0.39 is 0 Å². The van der Waals surface area contributed by atoms with Crippen molar-refractivity contribution in [3.8, 4) is 17.2 Å². The molecule has 0 N–H and O–H groups in total. The van der Waals surface area contributed by atoms with E-state index in [2.05, 4.69) is 0 Å². The smallest absolute Gasteiger partial charge is 0.206 e. The second-order valence-electron chi connectivity index (χ2n) is 4.30. The zero-order valence-electron chi connectivity index (χ0n) is 12.2. The van der Waals surface area contributed by atoms with Crippen LogP contribution in [0.3, 0.4) is 0 Å². The van der Waals surface area contributed by atoms with Gasteiger partial charge in [-0.3, -0.25) is 4.79 Å². The molecular formula is C15H15ClO4S. The maximum Gasteiger partial charge on any atom is 0.206 e. The Bertz CT molecular complexity index is 659. The van der Waals surface area contributed by atoms with E-state index in [4.69, 9.17) is 25.8 Å². The molecule has 6 heteroatoms. The number of carbonyl (C=O) groups excluding carboxylic acids is 1. The molecule has 21 heavy (non-hydrogen) atoms. The Morgan fingerprint density at radius 1 is 1.00 bits per heavy atom. The van der Waals surface area contributed by atoms with Crippen LogP contribution in [0.5, 0.6) is 17.2 Å². The van der Waals surface area contributed by atoms with E-state index in [-0.39, 0.29) is 5.78 Å². The molecular weight excluding hydrogens is 312 g/mol. The Labute approximate surface area is 132 Å². The molecule has 0 amide bonds. The highest BCUT2D eigenvalue weighted by Gasteiger charge is 2.21. The summed E-state index contributed by atoms with van der Waals surface area (Å²) in [4.78, 5) is 13.2. The molecule has 0 atom stereocenters. The lowest BCUT2D eigenvalue weighted by Crippen LogP contribution is -2.04. The minimum atomic E-state index is -0.159.